The van der Waals surface area contributed by atoms with Crippen LogP contribution >= 0.6 is 0 Å². The molecule has 0 saturated carbocycles. The van der Waals surface area contributed by atoms with E-state index < -0.39 is 5.54 Å². The van der Waals surface area contributed by atoms with E-state index in [0.717, 1.165) is 24.2 Å². The van der Waals surface area contributed by atoms with E-state index in [0.29, 0.717) is 0 Å². The van der Waals surface area contributed by atoms with Gasteiger partial charge < -0.3 is 15.0 Å². The van der Waals surface area contributed by atoms with Crippen LogP contribution in [0, 0.1) is 5.21 Å². The second kappa shape index (κ2) is 4.28. The van der Waals surface area contributed by atoms with Gasteiger partial charge in [0.2, 0.25) is 0 Å². The fourth-order valence-corrected chi connectivity index (χ4v) is 2.42. The SMILES string of the molecule is CCC1(c2ccccc2OC)CC=C[NH+]1[O-]. The minimum Gasteiger partial charge on any atom is -0.629 e. The molecule has 0 aliphatic carbocycles. The number of ether oxygens (including phenoxy) is 1. The first-order valence-electron chi connectivity index (χ1n) is 5.59. The van der Waals surface area contributed by atoms with Gasteiger partial charge in [0, 0.05) is 12.8 Å². The summed E-state index contributed by atoms with van der Waals surface area (Å²) in [4.78, 5) is 0. The van der Waals surface area contributed by atoms with Crippen LogP contribution in [0.1, 0.15) is 25.3 Å². The van der Waals surface area contributed by atoms with Gasteiger partial charge in [0.15, 0.2) is 0 Å². The Hall–Kier alpha value is -1.32. The summed E-state index contributed by atoms with van der Waals surface area (Å²) in [6.07, 6.45) is 5.23. The summed E-state index contributed by atoms with van der Waals surface area (Å²) >= 11 is 0. The minimum atomic E-state index is -0.396. The van der Waals surface area contributed by atoms with Crippen LogP contribution in [-0.2, 0) is 5.54 Å². The normalized spacial score (nSPS) is 28.3. The summed E-state index contributed by atoms with van der Waals surface area (Å²) in [7, 11) is 1.65. The molecule has 2 unspecified atom stereocenters. The van der Waals surface area contributed by atoms with E-state index in [9.17, 15) is 5.21 Å². The monoisotopic (exact) mass is 219 g/mol. The molecule has 2 rings (SSSR count). The van der Waals surface area contributed by atoms with Crippen LogP contribution in [-0.4, -0.2) is 7.11 Å². The standard InChI is InChI=1S/C13H17NO2/c1-3-13(9-6-10-14(13)15)11-7-4-5-8-12(11)16-2/h4-8,10,14H,3,9H2,1-2H3. The maximum absolute atomic E-state index is 12.1. The van der Waals surface area contributed by atoms with E-state index in [2.05, 4.69) is 6.92 Å². The maximum atomic E-state index is 12.1. The summed E-state index contributed by atoms with van der Waals surface area (Å²) in [5.41, 5.74) is 0.613. The second-order valence-corrected chi connectivity index (χ2v) is 4.11. The molecule has 3 nitrogen and oxygen atoms in total. The summed E-state index contributed by atoms with van der Waals surface area (Å²) in [5.74, 6) is 0.807. The quantitative estimate of drug-likeness (QED) is 0.784. The van der Waals surface area contributed by atoms with Gasteiger partial charge in [0.1, 0.15) is 11.3 Å². The molecule has 0 radical (unpaired) electrons. The topological polar surface area (TPSA) is 36.7 Å². The second-order valence-electron chi connectivity index (χ2n) is 4.11. The molecule has 3 heteroatoms. The smallest absolute Gasteiger partial charge is 0.134 e. The Morgan fingerprint density at radius 1 is 1.44 bits per heavy atom. The van der Waals surface area contributed by atoms with Gasteiger partial charge in [-0.15, -0.1) is 0 Å². The highest BCUT2D eigenvalue weighted by Gasteiger charge is 2.40. The van der Waals surface area contributed by atoms with Crippen molar-refractivity contribution in [2.24, 2.45) is 0 Å². The Balaban J connectivity index is 2.48. The molecule has 0 fully saturated rings. The first-order chi connectivity index (χ1) is 7.74. The Morgan fingerprint density at radius 2 is 2.19 bits per heavy atom. The van der Waals surface area contributed by atoms with Crippen molar-refractivity contribution in [2.75, 3.05) is 7.11 Å². The van der Waals surface area contributed by atoms with Gasteiger partial charge >= 0.3 is 0 Å². The van der Waals surface area contributed by atoms with Crippen LogP contribution < -0.4 is 9.80 Å². The highest BCUT2D eigenvalue weighted by atomic mass is 16.5. The summed E-state index contributed by atoms with van der Waals surface area (Å²) in [6.45, 7) is 2.05. The number of rotatable bonds is 3. The van der Waals surface area contributed by atoms with E-state index in [1.54, 1.807) is 13.3 Å². The third kappa shape index (κ3) is 1.52. The molecule has 1 heterocycles. The molecule has 16 heavy (non-hydrogen) atoms. The molecule has 86 valence electrons. The molecular weight excluding hydrogens is 202 g/mol. The lowest BCUT2D eigenvalue weighted by molar-refractivity contribution is -0.856. The Bertz CT molecular complexity index is 403. The maximum Gasteiger partial charge on any atom is 0.134 e. The summed E-state index contributed by atoms with van der Waals surface area (Å²) in [6, 6.07) is 7.80. The van der Waals surface area contributed by atoms with Crippen molar-refractivity contribution < 1.29 is 9.80 Å². The van der Waals surface area contributed by atoms with Crippen molar-refractivity contribution in [3.63, 3.8) is 0 Å². The van der Waals surface area contributed by atoms with Crippen LogP contribution in [0.3, 0.4) is 0 Å². The molecule has 0 saturated heterocycles. The lowest BCUT2D eigenvalue weighted by Crippen LogP contribution is -3.09. The summed E-state index contributed by atoms with van der Waals surface area (Å²) in [5, 5.41) is 12.2. The number of hydrogen-bond donors (Lipinski definition) is 1. The Kier molecular flexibility index (Phi) is 2.99. The van der Waals surface area contributed by atoms with Crippen LogP contribution in [0.25, 0.3) is 0 Å². The first-order valence-corrected chi connectivity index (χ1v) is 5.59. The van der Waals surface area contributed by atoms with Gasteiger partial charge in [-0.25, -0.2) is 0 Å². The van der Waals surface area contributed by atoms with Crippen molar-refractivity contribution >= 4 is 0 Å². The number of methoxy groups -OCH3 is 1. The molecule has 1 aromatic carbocycles. The van der Waals surface area contributed by atoms with Crippen LogP contribution in [0.15, 0.2) is 36.5 Å². The Morgan fingerprint density at radius 3 is 2.75 bits per heavy atom. The highest BCUT2D eigenvalue weighted by molar-refractivity contribution is 5.39. The highest BCUT2D eigenvalue weighted by Crippen LogP contribution is 2.34. The molecule has 1 aromatic rings. The molecule has 2 atom stereocenters. The van der Waals surface area contributed by atoms with Crippen LogP contribution in [0.2, 0.25) is 0 Å². The van der Waals surface area contributed by atoms with Crippen molar-refractivity contribution in [1.82, 2.24) is 0 Å². The third-order valence-corrected chi connectivity index (χ3v) is 3.43. The average Bonchev–Trinajstić information content (AvgIpc) is 2.71. The molecular formula is C13H17NO2. The van der Waals surface area contributed by atoms with Gasteiger partial charge in [0.25, 0.3) is 0 Å². The number of benzene rings is 1. The van der Waals surface area contributed by atoms with Crippen LogP contribution in [0.5, 0.6) is 5.75 Å². The van der Waals surface area contributed by atoms with Crippen molar-refractivity contribution in [3.05, 3.63) is 47.3 Å². The zero-order chi connectivity index (χ0) is 11.6. The van der Waals surface area contributed by atoms with E-state index in [-0.39, 0.29) is 5.06 Å². The minimum absolute atomic E-state index is 0.194. The van der Waals surface area contributed by atoms with Crippen molar-refractivity contribution in [3.8, 4) is 5.75 Å². The van der Waals surface area contributed by atoms with Gasteiger partial charge in [-0.3, -0.25) is 0 Å². The van der Waals surface area contributed by atoms with Gasteiger partial charge in [-0.1, -0.05) is 19.1 Å². The zero-order valence-corrected chi connectivity index (χ0v) is 9.69. The van der Waals surface area contributed by atoms with Crippen LogP contribution in [0.4, 0.5) is 0 Å². The predicted octanol–water partition coefficient (Wildman–Crippen LogP) is 1.60. The molecule has 1 N–H and O–H groups in total. The number of hydrogen-bond acceptors (Lipinski definition) is 2. The van der Waals surface area contributed by atoms with Crippen molar-refractivity contribution in [2.45, 2.75) is 25.3 Å². The lowest BCUT2D eigenvalue weighted by Gasteiger charge is -2.37. The largest absolute Gasteiger partial charge is 0.629 e. The number of para-hydroxylation sites is 1. The number of hydroxylamine groups is 2. The average molecular weight is 219 g/mol. The number of quaternary nitrogens is 1. The fraction of sp³-hybridized carbons (Fsp3) is 0.385. The third-order valence-electron chi connectivity index (χ3n) is 3.43. The van der Waals surface area contributed by atoms with Gasteiger partial charge in [-0.05, 0) is 18.2 Å². The van der Waals surface area contributed by atoms with E-state index >= 15 is 0 Å². The fourth-order valence-electron chi connectivity index (χ4n) is 2.42. The molecule has 0 amide bonds. The van der Waals surface area contributed by atoms with E-state index in [1.807, 2.05) is 30.3 Å². The number of nitrogens with one attached hydrogen (secondary N) is 1. The lowest BCUT2D eigenvalue weighted by atomic mass is 9.85. The van der Waals surface area contributed by atoms with Crippen molar-refractivity contribution in [1.29, 1.82) is 0 Å². The molecule has 0 spiro atoms. The molecule has 0 aromatic heterocycles. The zero-order valence-electron chi connectivity index (χ0n) is 9.69. The van der Waals surface area contributed by atoms with Gasteiger partial charge in [0.05, 0.1) is 18.9 Å². The molecule has 0 bridgehead atoms. The Labute approximate surface area is 95.9 Å². The molecule has 1 aliphatic rings. The van der Waals surface area contributed by atoms with E-state index in [1.165, 1.54) is 0 Å². The predicted molar refractivity (Wildman–Crippen MR) is 63.0 cm³/mol. The summed E-state index contributed by atoms with van der Waals surface area (Å²) < 4.78 is 5.35. The van der Waals surface area contributed by atoms with E-state index in [4.69, 9.17) is 4.74 Å². The van der Waals surface area contributed by atoms with Gasteiger partial charge in [-0.2, -0.15) is 0 Å². The first kappa shape index (κ1) is 11.2. The molecule has 1 aliphatic heterocycles.